The van der Waals surface area contributed by atoms with E-state index in [1.165, 1.54) is 24.9 Å². The number of esters is 1. The van der Waals surface area contributed by atoms with Crippen LogP contribution in [-0.4, -0.2) is 24.7 Å². The fourth-order valence-corrected chi connectivity index (χ4v) is 3.11. The van der Waals surface area contributed by atoms with Gasteiger partial charge in [0.15, 0.2) is 0 Å². The molecular formula is C17H15BrClNO3S. The predicted octanol–water partition coefficient (Wildman–Crippen LogP) is 4.76. The molecule has 0 saturated heterocycles. The maximum absolute atomic E-state index is 12.0. The molecule has 0 radical (unpaired) electrons. The van der Waals surface area contributed by atoms with Crippen LogP contribution < -0.4 is 5.32 Å². The summed E-state index contributed by atoms with van der Waals surface area (Å²) in [5, 5.41) is 3.09. The first-order valence-electron chi connectivity index (χ1n) is 6.99. The van der Waals surface area contributed by atoms with E-state index >= 15 is 0 Å². The van der Waals surface area contributed by atoms with Crippen molar-refractivity contribution >= 4 is 56.9 Å². The molecule has 1 N–H and O–H groups in total. The number of anilines is 1. The number of thioether (sulfide) groups is 1. The highest BCUT2D eigenvalue weighted by molar-refractivity contribution is 9.10. The van der Waals surface area contributed by atoms with Crippen molar-refractivity contribution in [2.45, 2.75) is 5.75 Å². The molecule has 1 amide bonds. The van der Waals surface area contributed by atoms with Crippen LogP contribution in [-0.2, 0) is 15.3 Å². The van der Waals surface area contributed by atoms with Crippen LogP contribution in [0.4, 0.5) is 5.69 Å². The highest BCUT2D eigenvalue weighted by Crippen LogP contribution is 2.24. The van der Waals surface area contributed by atoms with Gasteiger partial charge in [-0.3, -0.25) is 4.79 Å². The molecule has 126 valence electrons. The third-order valence-corrected chi connectivity index (χ3v) is 4.94. The summed E-state index contributed by atoms with van der Waals surface area (Å²) in [6.07, 6.45) is 0. The van der Waals surface area contributed by atoms with Gasteiger partial charge in [0.25, 0.3) is 0 Å². The van der Waals surface area contributed by atoms with E-state index in [0.29, 0.717) is 16.3 Å². The van der Waals surface area contributed by atoms with Crippen molar-refractivity contribution in [1.29, 1.82) is 0 Å². The van der Waals surface area contributed by atoms with Gasteiger partial charge in [-0.1, -0.05) is 39.7 Å². The van der Waals surface area contributed by atoms with E-state index in [1.54, 1.807) is 12.1 Å². The largest absolute Gasteiger partial charge is 0.465 e. The van der Waals surface area contributed by atoms with Gasteiger partial charge in [0, 0.05) is 10.2 Å². The van der Waals surface area contributed by atoms with Gasteiger partial charge in [-0.2, -0.15) is 0 Å². The summed E-state index contributed by atoms with van der Waals surface area (Å²) in [6, 6.07) is 12.6. The zero-order chi connectivity index (χ0) is 17.5. The lowest BCUT2D eigenvalue weighted by Crippen LogP contribution is -2.15. The summed E-state index contributed by atoms with van der Waals surface area (Å²) in [5.41, 5.74) is 1.87. The lowest BCUT2D eigenvalue weighted by molar-refractivity contribution is -0.113. The Morgan fingerprint density at radius 3 is 2.58 bits per heavy atom. The molecule has 0 aliphatic heterocycles. The van der Waals surface area contributed by atoms with Gasteiger partial charge in [-0.15, -0.1) is 11.8 Å². The molecule has 7 heteroatoms. The molecule has 0 aliphatic carbocycles. The van der Waals surface area contributed by atoms with Crippen molar-refractivity contribution in [2.24, 2.45) is 0 Å². The Kier molecular flexibility index (Phi) is 7.15. The normalized spacial score (nSPS) is 10.3. The highest BCUT2D eigenvalue weighted by Gasteiger charge is 2.11. The summed E-state index contributed by atoms with van der Waals surface area (Å²) in [7, 11) is 1.30. The number of carbonyl (C=O) groups is 2. The molecule has 0 fully saturated rings. The molecule has 0 aliphatic rings. The molecule has 2 aromatic carbocycles. The Labute approximate surface area is 158 Å². The summed E-state index contributed by atoms with van der Waals surface area (Å²) in [5.74, 6) is 0.360. The first-order chi connectivity index (χ1) is 11.5. The average molecular weight is 429 g/mol. The topological polar surface area (TPSA) is 55.4 Å². The van der Waals surface area contributed by atoms with Crippen molar-refractivity contribution in [3.8, 4) is 0 Å². The maximum atomic E-state index is 12.0. The van der Waals surface area contributed by atoms with Gasteiger partial charge >= 0.3 is 5.97 Å². The zero-order valence-electron chi connectivity index (χ0n) is 12.8. The number of hydrogen-bond donors (Lipinski definition) is 1. The molecule has 0 spiro atoms. The van der Waals surface area contributed by atoms with E-state index in [0.717, 1.165) is 15.8 Å². The second-order valence-corrected chi connectivity index (χ2v) is 7.16. The zero-order valence-corrected chi connectivity index (χ0v) is 16.0. The van der Waals surface area contributed by atoms with E-state index in [1.807, 2.05) is 24.3 Å². The molecule has 2 aromatic rings. The average Bonchev–Trinajstić information content (AvgIpc) is 2.58. The molecule has 0 atom stereocenters. The Bertz CT molecular complexity index is 737. The number of ether oxygens (including phenoxy) is 1. The van der Waals surface area contributed by atoms with E-state index in [4.69, 9.17) is 11.6 Å². The lowest BCUT2D eigenvalue weighted by Gasteiger charge is -2.09. The van der Waals surface area contributed by atoms with E-state index in [-0.39, 0.29) is 11.7 Å². The van der Waals surface area contributed by atoms with Gasteiger partial charge < -0.3 is 10.1 Å². The molecule has 2 rings (SSSR count). The smallest absolute Gasteiger partial charge is 0.337 e. The van der Waals surface area contributed by atoms with Gasteiger partial charge in [0.05, 0.1) is 29.1 Å². The fourth-order valence-electron chi connectivity index (χ4n) is 1.89. The van der Waals surface area contributed by atoms with Crippen LogP contribution in [0.25, 0.3) is 0 Å². The molecule has 0 unspecified atom stereocenters. The van der Waals surface area contributed by atoms with Crippen LogP contribution >= 0.6 is 39.3 Å². The number of nitrogens with one attached hydrogen (secondary N) is 1. The number of rotatable bonds is 6. The van der Waals surface area contributed by atoms with Crippen LogP contribution in [0.3, 0.4) is 0 Å². The van der Waals surface area contributed by atoms with Crippen LogP contribution in [0.2, 0.25) is 5.02 Å². The predicted molar refractivity (Wildman–Crippen MR) is 102 cm³/mol. The first kappa shape index (κ1) is 18.8. The van der Waals surface area contributed by atoms with Crippen molar-refractivity contribution in [2.75, 3.05) is 18.2 Å². The van der Waals surface area contributed by atoms with Crippen LogP contribution in [0.15, 0.2) is 46.9 Å². The minimum absolute atomic E-state index is 0.180. The first-order valence-corrected chi connectivity index (χ1v) is 9.32. The number of methoxy groups -OCH3 is 1. The van der Waals surface area contributed by atoms with Gasteiger partial charge in [0.2, 0.25) is 5.91 Å². The van der Waals surface area contributed by atoms with Gasteiger partial charge in [0.1, 0.15) is 0 Å². The molecule has 0 bridgehead atoms. The van der Waals surface area contributed by atoms with Crippen molar-refractivity contribution in [1.82, 2.24) is 0 Å². The summed E-state index contributed by atoms with van der Waals surface area (Å²) in [4.78, 5) is 23.6. The van der Waals surface area contributed by atoms with Gasteiger partial charge in [-0.05, 0) is 35.9 Å². The highest BCUT2D eigenvalue weighted by atomic mass is 79.9. The molecule has 0 saturated carbocycles. The second-order valence-electron chi connectivity index (χ2n) is 4.85. The number of amides is 1. The number of carbonyl (C=O) groups excluding carboxylic acids is 2. The monoisotopic (exact) mass is 427 g/mol. The number of benzene rings is 2. The Balaban J connectivity index is 1.90. The van der Waals surface area contributed by atoms with Crippen LogP contribution in [0.1, 0.15) is 15.9 Å². The van der Waals surface area contributed by atoms with Crippen LogP contribution in [0.5, 0.6) is 0 Å². The second kappa shape index (κ2) is 9.11. The number of hydrogen-bond acceptors (Lipinski definition) is 4. The minimum Gasteiger partial charge on any atom is -0.465 e. The number of halogens is 2. The molecule has 0 aromatic heterocycles. The lowest BCUT2D eigenvalue weighted by atomic mass is 10.2. The molecule has 0 heterocycles. The standard InChI is InChI=1S/C17H15BrClNO3S/c1-23-17(22)12-4-7-14(19)15(8-12)20-16(21)10-24-9-11-2-5-13(18)6-3-11/h2-8H,9-10H2,1H3,(H,20,21). The molecule has 4 nitrogen and oxygen atoms in total. The Morgan fingerprint density at radius 1 is 1.21 bits per heavy atom. The molecular weight excluding hydrogens is 414 g/mol. The Morgan fingerprint density at radius 2 is 1.92 bits per heavy atom. The SMILES string of the molecule is COC(=O)c1ccc(Cl)c(NC(=O)CSCc2ccc(Br)cc2)c1. The van der Waals surface area contributed by atoms with E-state index < -0.39 is 5.97 Å². The van der Waals surface area contributed by atoms with Crippen molar-refractivity contribution in [3.63, 3.8) is 0 Å². The van der Waals surface area contributed by atoms with Crippen molar-refractivity contribution < 1.29 is 14.3 Å². The van der Waals surface area contributed by atoms with E-state index in [9.17, 15) is 9.59 Å². The third kappa shape index (κ3) is 5.54. The third-order valence-electron chi connectivity index (χ3n) is 3.08. The quantitative estimate of drug-likeness (QED) is 0.674. The minimum atomic E-state index is -0.480. The van der Waals surface area contributed by atoms with Crippen molar-refractivity contribution in [3.05, 3.63) is 63.1 Å². The van der Waals surface area contributed by atoms with E-state index in [2.05, 4.69) is 26.0 Å². The summed E-state index contributed by atoms with van der Waals surface area (Å²) < 4.78 is 5.68. The van der Waals surface area contributed by atoms with Gasteiger partial charge in [-0.25, -0.2) is 4.79 Å². The fraction of sp³-hybridized carbons (Fsp3) is 0.176. The molecule has 24 heavy (non-hydrogen) atoms. The Hall–Kier alpha value is -1.50. The summed E-state index contributed by atoms with van der Waals surface area (Å²) >= 11 is 10.9. The maximum Gasteiger partial charge on any atom is 0.337 e. The summed E-state index contributed by atoms with van der Waals surface area (Å²) in [6.45, 7) is 0. The van der Waals surface area contributed by atoms with Crippen LogP contribution in [0, 0.1) is 0 Å².